The van der Waals surface area contributed by atoms with Crippen LogP contribution in [0.2, 0.25) is 0 Å². The molecule has 0 bridgehead atoms. The Morgan fingerprint density at radius 2 is 1.82 bits per heavy atom. The molecule has 0 saturated carbocycles. The lowest BCUT2D eigenvalue weighted by atomic mass is 10.0. The van der Waals surface area contributed by atoms with E-state index in [1.165, 1.54) is 20.9 Å². The predicted octanol–water partition coefficient (Wildman–Crippen LogP) is 0.224. The van der Waals surface area contributed by atoms with Crippen molar-refractivity contribution in [3.63, 3.8) is 0 Å². The summed E-state index contributed by atoms with van der Waals surface area (Å²) in [4.78, 5) is 34.8. The normalized spacial score (nSPS) is 10.8. The highest BCUT2D eigenvalue weighted by Gasteiger charge is 2.34. The molecule has 6 heteroatoms. The monoisotopic (exact) mass is 244 g/mol. The minimum atomic E-state index is -1.29. The number of carbonyl (C=O) groups excluding carboxylic acids is 2. The summed E-state index contributed by atoms with van der Waals surface area (Å²) in [5.41, 5.74) is -1.29. The van der Waals surface area contributed by atoms with E-state index in [1.54, 1.807) is 0 Å². The van der Waals surface area contributed by atoms with Crippen molar-refractivity contribution in [1.82, 2.24) is 10.2 Å². The molecule has 17 heavy (non-hydrogen) atoms. The minimum absolute atomic E-state index is 0.175. The Balaban J connectivity index is 4.33. The number of nitrogens with one attached hydrogen (secondary N) is 1. The van der Waals surface area contributed by atoms with Gasteiger partial charge in [-0.1, -0.05) is 6.92 Å². The van der Waals surface area contributed by atoms with Gasteiger partial charge in [0.1, 0.15) is 5.54 Å². The standard InChI is InChI=1S/C11H20N2O4/c1-5-6-8(14)12-7-9(15)13(4)11(2,3)10(16)17/h5-7H2,1-4H3,(H,12,14)(H,16,17). The summed E-state index contributed by atoms with van der Waals surface area (Å²) >= 11 is 0. The minimum Gasteiger partial charge on any atom is -0.480 e. The molecular weight excluding hydrogens is 224 g/mol. The molecule has 0 fully saturated rings. The Bertz CT molecular complexity index is 313. The van der Waals surface area contributed by atoms with Crippen LogP contribution in [0.5, 0.6) is 0 Å². The fraction of sp³-hybridized carbons (Fsp3) is 0.727. The zero-order chi connectivity index (χ0) is 13.6. The summed E-state index contributed by atoms with van der Waals surface area (Å²) < 4.78 is 0. The van der Waals surface area contributed by atoms with Gasteiger partial charge in [0.25, 0.3) is 0 Å². The lowest BCUT2D eigenvalue weighted by molar-refractivity contribution is -0.155. The third-order valence-electron chi connectivity index (χ3n) is 2.65. The Morgan fingerprint density at radius 1 is 1.29 bits per heavy atom. The summed E-state index contributed by atoms with van der Waals surface area (Å²) in [5, 5.41) is 11.4. The molecule has 2 N–H and O–H groups in total. The van der Waals surface area contributed by atoms with E-state index in [0.29, 0.717) is 12.8 Å². The first-order chi connectivity index (χ1) is 7.73. The second kappa shape index (κ2) is 6.22. The van der Waals surface area contributed by atoms with Gasteiger partial charge < -0.3 is 15.3 Å². The molecule has 0 aliphatic heterocycles. The molecule has 2 amide bonds. The van der Waals surface area contributed by atoms with Crippen molar-refractivity contribution >= 4 is 17.8 Å². The van der Waals surface area contributed by atoms with E-state index in [-0.39, 0.29) is 12.5 Å². The third-order valence-corrected chi connectivity index (χ3v) is 2.65. The maximum atomic E-state index is 11.7. The number of carboxylic acid groups (broad SMARTS) is 1. The molecule has 0 atom stereocenters. The highest BCUT2D eigenvalue weighted by atomic mass is 16.4. The summed E-state index contributed by atoms with van der Waals surface area (Å²) in [6.45, 7) is 4.55. The summed E-state index contributed by atoms with van der Waals surface area (Å²) in [5.74, 6) is -1.72. The van der Waals surface area contributed by atoms with Crippen LogP contribution < -0.4 is 5.32 Å². The van der Waals surface area contributed by atoms with Crippen LogP contribution in [0.3, 0.4) is 0 Å². The predicted molar refractivity (Wildman–Crippen MR) is 62.4 cm³/mol. The van der Waals surface area contributed by atoms with E-state index in [4.69, 9.17) is 5.11 Å². The van der Waals surface area contributed by atoms with Crippen LogP contribution in [0.1, 0.15) is 33.6 Å². The summed E-state index contributed by atoms with van der Waals surface area (Å²) in [6, 6.07) is 0. The molecule has 0 radical (unpaired) electrons. The van der Waals surface area contributed by atoms with Gasteiger partial charge in [-0.3, -0.25) is 9.59 Å². The smallest absolute Gasteiger partial charge is 0.329 e. The SMILES string of the molecule is CCCC(=O)NCC(=O)N(C)C(C)(C)C(=O)O. The quantitative estimate of drug-likeness (QED) is 0.700. The van der Waals surface area contributed by atoms with Crippen LogP contribution in [0, 0.1) is 0 Å². The number of carboxylic acids is 1. The van der Waals surface area contributed by atoms with Crippen molar-refractivity contribution in [2.75, 3.05) is 13.6 Å². The van der Waals surface area contributed by atoms with Gasteiger partial charge in [0.15, 0.2) is 0 Å². The van der Waals surface area contributed by atoms with E-state index >= 15 is 0 Å². The fourth-order valence-corrected chi connectivity index (χ4v) is 1.06. The second-order valence-electron chi connectivity index (χ2n) is 4.34. The Labute approximate surface area is 101 Å². The van der Waals surface area contributed by atoms with Crippen LogP contribution in [-0.2, 0) is 14.4 Å². The first kappa shape index (κ1) is 15.4. The number of aliphatic carboxylic acids is 1. The fourth-order valence-electron chi connectivity index (χ4n) is 1.06. The lowest BCUT2D eigenvalue weighted by Crippen LogP contribution is -2.53. The van der Waals surface area contributed by atoms with Crippen molar-refractivity contribution in [3.05, 3.63) is 0 Å². The molecule has 0 unspecified atom stereocenters. The molecule has 0 aliphatic rings. The Kier molecular flexibility index (Phi) is 5.64. The molecule has 98 valence electrons. The molecule has 0 saturated heterocycles. The maximum absolute atomic E-state index is 11.7. The first-order valence-corrected chi connectivity index (χ1v) is 5.50. The van der Waals surface area contributed by atoms with E-state index < -0.39 is 17.4 Å². The van der Waals surface area contributed by atoms with Gasteiger partial charge in [-0.15, -0.1) is 0 Å². The molecule has 0 aromatic heterocycles. The number of hydrogen-bond acceptors (Lipinski definition) is 3. The lowest BCUT2D eigenvalue weighted by Gasteiger charge is -2.31. The number of rotatable bonds is 6. The summed E-state index contributed by atoms with van der Waals surface area (Å²) in [6.07, 6.45) is 1.07. The maximum Gasteiger partial charge on any atom is 0.329 e. The topological polar surface area (TPSA) is 86.7 Å². The second-order valence-corrected chi connectivity index (χ2v) is 4.34. The Hall–Kier alpha value is -1.59. The highest BCUT2D eigenvalue weighted by Crippen LogP contribution is 2.12. The van der Waals surface area contributed by atoms with Gasteiger partial charge in [0.05, 0.1) is 6.54 Å². The molecule has 6 nitrogen and oxygen atoms in total. The number of amides is 2. The average Bonchev–Trinajstić information content (AvgIpc) is 2.24. The molecule has 0 aromatic rings. The zero-order valence-electron chi connectivity index (χ0n) is 10.7. The van der Waals surface area contributed by atoms with E-state index in [2.05, 4.69) is 5.32 Å². The zero-order valence-corrected chi connectivity index (χ0v) is 10.7. The number of nitrogens with zero attached hydrogens (tertiary/aromatic N) is 1. The number of hydrogen-bond donors (Lipinski definition) is 2. The van der Waals surface area contributed by atoms with Gasteiger partial charge in [0.2, 0.25) is 11.8 Å². The summed E-state index contributed by atoms with van der Waals surface area (Å²) in [7, 11) is 1.41. The van der Waals surface area contributed by atoms with E-state index in [9.17, 15) is 14.4 Å². The van der Waals surface area contributed by atoms with Crippen LogP contribution in [-0.4, -0.2) is 46.9 Å². The molecule has 0 aliphatic carbocycles. The number of carbonyl (C=O) groups is 3. The van der Waals surface area contributed by atoms with Crippen molar-refractivity contribution in [1.29, 1.82) is 0 Å². The van der Waals surface area contributed by atoms with E-state index in [1.807, 2.05) is 6.92 Å². The van der Waals surface area contributed by atoms with E-state index in [0.717, 1.165) is 4.90 Å². The van der Waals surface area contributed by atoms with Crippen LogP contribution in [0.4, 0.5) is 0 Å². The third kappa shape index (κ3) is 4.42. The molecule has 0 heterocycles. The van der Waals surface area contributed by atoms with Crippen molar-refractivity contribution in [2.45, 2.75) is 39.2 Å². The van der Waals surface area contributed by atoms with Crippen LogP contribution in [0.25, 0.3) is 0 Å². The van der Waals surface area contributed by atoms with Crippen molar-refractivity contribution < 1.29 is 19.5 Å². The van der Waals surface area contributed by atoms with Gasteiger partial charge in [-0.05, 0) is 20.3 Å². The van der Waals surface area contributed by atoms with Crippen molar-refractivity contribution in [3.8, 4) is 0 Å². The molecule has 0 rings (SSSR count). The first-order valence-electron chi connectivity index (χ1n) is 5.50. The molecule has 0 aromatic carbocycles. The van der Waals surface area contributed by atoms with Crippen molar-refractivity contribution in [2.24, 2.45) is 0 Å². The average molecular weight is 244 g/mol. The number of likely N-dealkylation sites (N-methyl/N-ethyl adjacent to an activating group) is 1. The largest absolute Gasteiger partial charge is 0.480 e. The van der Waals surface area contributed by atoms with Gasteiger partial charge in [-0.25, -0.2) is 4.79 Å². The van der Waals surface area contributed by atoms with Gasteiger partial charge in [-0.2, -0.15) is 0 Å². The highest BCUT2D eigenvalue weighted by molar-refractivity contribution is 5.89. The van der Waals surface area contributed by atoms with Gasteiger partial charge in [0, 0.05) is 13.5 Å². The Morgan fingerprint density at radius 3 is 2.24 bits per heavy atom. The van der Waals surface area contributed by atoms with Gasteiger partial charge >= 0.3 is 5.97 Å². The molecular formula is C11H20N2O4. The van der Waals surface area contributed by atoms with Crippen LogP contribution in [0.15, 0.2) is 0 Å². The van der Waals surface area contributed by atoms with Crippen LogP contribution >= 0.6 is 0 Å². The molecule has 0 spiro atoms.